The van der Waals surface area contributed by atoms with Crippen molar-refractivity contribution in [2.75, 3.05) is 0 Å². The maximum Gasteiger partial charge on any atom is 0.0387 e. The number of rotatable bonds is 7. The van der Waals surface area contributed by atoms with Crippen LogP contribution in [0.3, 0.4) is 0 Å². The fourth-order valence-electron chi connectivity index (χ4n) is 5.40. The van der Waals surface area contributed by atoms with Crippen molar-refractivity contribution in [3.8, 4) is 0 Å². The van der Waals surface area contributed by atoms with Crippen molar-refractivity contribution in [2.45, 2.75) is 48.5 Å². The number of benzene rings is 3. The van der Waals surface area contributed by atoms with E-state index >= 15 is 0 Å². The van der Waals surface area contributed by atoms with Gasteiger partial charge in [0.1, 0.15) is 0 Å². The van der Waals surface area contributed by atoms with Gasteiger partial charge in [-0.25, -0.2) is 0 Å². The minimum Gasteiger partial charge on any atom is -0.135 e. The average molecular weight is 515 g/mol. The van der Waals surface area contributed by atoms with Gasteiger partial charge in [-0.1, -0.05) is 85.5 Å². The summed E-state index contributed by atoms with van der Waals surface area (Å²) in [6.45, 7) is 19.5. The topological polar surface area (TPSA) is 0 Å². The molecule has 0 saturated heterocycles. The largest absolute Gasteiger partial charge is 0.135 e. The van der Waals surface area contributed by atoms with Gasteiger partial charge in [0.05, 0.1) is 0 Å². The van der Waals surface area contributed by atoms with E-state index in [1.165, 1.54) is 70.3 Å². The second-order valence-corrected chi connectivity index (χ2v) is 10.8. The molecule has 1 heterocycles. The minimum atomic E-state index is 1.14. The molecule has 0 unspecified atom stereocenters. The molecule has 4 aromatic rings. The molecule has 1 heteroatoms. The molecule has 0 aliphatic carbocycles. The monoisotopic (exact) mass is 514 g/mol. The molecule has 0 aliphatic rings. The Morgan fingerprint density at radius 1 is 0.737 bits per heavy atom. The Morgan fingerprint density at radius 3 is 1.89 bits per heavy atom. The fourth-order valence-corrected chi connectivity index (χ4v) is 6.70. The molecule has 0 nitrogen and oxygen atoms in total. The van der Waals surface area contributed by atoms with Gasteiger partial charge in [0, 0.05) is 9.58 Å². The molecule has 3 aromatic carbocycles. The SMILES string of the molecule is C=CC(=C\C(=C/C)C(\C)=C\c1c(/C=C\C)c(C)c2ccccc2c1C)/C(=C/C)c1sc2ccccc2c1C. The van der Waals surface area contributed by atoms with E-state index in [2.05, 4.69) is 140 Å². The Kier molecular flexibility index (Phi) is 8.49. The molecule has 0 N–H and O–H groups in total. The first-order chi connectivity index (χ1) is 18.4. The molecule has 192 valence electrons. The molecule has 4 rings (SSSR count). The molecule has 0 atom stereocenters. The lowest BCUT2D eigenvalue weighted by molar-refractivity contribution is 1.37. The molecule has 38 heavy (non-hydrogen) atoms. The quantitative estimate of drug-likeness (QED) is 0.215. The summed E-state index contributed by atoms with van der Waals surface area (Å²) in [6.07, 6.45) is 15.5. The van der Waals surface area contributed by atoms with E-state index in [0.29, 0.717) is 0 Å². The van der Waals surface area contributed by atoms with Crippen LogP contribution >= 0.6 is 11.3 Å². The highest BCUT2D eigenvalue weighted by atomic mass is 32.1. The lowest BCUT2D eigenvalue weighted by Gasteiger charge is -2.17. The normalized spacial score (nSPS) is 13.8. The zero-order chi connectivity index (χ0) is 27.4. The second kappa shape index (κ2) is 11.8. The summed E-state index contributed by atoms with van der Waals surface area (Å²) >= 11 is 1.86. The Hall–Kier alpha value is -3.68. The third-order valence-electron chi connectivity index (χ3n) is 7.51. The van der Waals surface area contributed by atoms with Crippen LogP contribution in [0, 0.1) is 20.8 Å². The molecule has 0 radical (unpaired) electrons. The minimum absolute atomic E-state index is 1.14. The zero-order valence-corrected chi connectivity index (χ0v) is 24.6. The summed E-state index contributed by atoms with van der Waals surface area (Å²) in [5.41, 5.74) is 11.4. The summed E-state index contributed by atoms with van der Waals surface area (Å²) in [5.74, 6) is 0. The lowest BCUT2D eigenvalue weighted by Crippen LogP contribution is -1.96. The van der Waals surface area contributed by atoms with E-state index in [1.807, 2.05) is 17.4 Å². The highest BCUT2D eigenvalue weighted by Gasteiger charge is 2.15. The van der Waals surface area contributed by atoms with Gasteiger partial charge in [0.2, 0.25) is 0 Å². The van der Waals surface area contributed by atoms with Gasteiger partial charge < -0.3 is 0 Å². The molecular weight excluding hydrogens is 476 g/mol. The van der Waals surface area contributed by atoms with Gasteiger partial charge in [0.25, 0.3) is 0 Å². The summed E-state index contributed by atoms with van der Waals surface area (Å²) < 4.78 is 1.32. The number of hydrogen-bond acceptors (Lipinski definition) is 1. The Balaban J connectivity index is 1.84. The first kappa shape index (κ1) is 27.4. The van der Waals surface area contributed by atoms with Crippen LogP contribution in [-0.4, -0.2) is 0 Å². The highest BCUT2D eigenvalue weighted by molar-refractivity contribution is 7.20. The molecular formula is C37H38S. The summed E-state index contributed by atoms with van der Waals surface area (Å²) in [4.78, 5) is 1.31. The maximum atomic E-state index is 4.21. The van der Waals surface area contributed by atoms with E-state index in [1.54, 1.807) is 0 Å². The van der Waals surface area contributed by atoms with E-state index < -0.39 is 0 Å². The van der Waals surface area contributed by atoms with Crippen LogP contribution < -0.4 is 0 Å². The van der Waals surface area contributed by atoms with Crippen LogP contribution in [0.1, 0.15) is 60.4 Å². The Bertz CT molecular complexity index is 1680. The smallest absolute Gasteiger partial charge is 0.0387 e. The molecule has 0 aliphatic heterocycles. The highest BCUT2D eigenvalue weighted by Crippen LogP contribution is 2.39. The number of aryl methyl sites for hydroxylation is 3. The number of thiophene rings is 1. The van der Waals surface area contributed by atoms with Gasteiger partial charge in [0.15, 0.2) is 0 Å². The van der Waals surface area contributed by atoms with E-state index in [9.17, 15) is 0 Å². The molecule has 0 bridgehead atoms. The van der Waals surface area contributed by atoms with Crippen LogP contribution in [0.2, 0.25) is 0 Å². The van der Waals surface area contributed by atoms with Crippen LogP contribution in [-0.2, 0) is 0 Å². The second-order valence-electron chi connectivity index (χ2n) is 9.75. The van der Waals surface area contributed by atoms with E-state index in [4.69, 9.17) is 0 Å². The standard InChI is InChI=1S/C37H38S/c1-9-17-31-25(6)32-18-13-14-19-33(32)26(7)35(31)22-24(5)28(10-2)23-29(11-3)30(12-4)37-27(8)34-20-15-16-21-36(34)38-37/h9-23H,3H2,1-2,4-8H3/b17-9-,24-22+,28-10+,29-23+,30-12-. The van der Waals surface area contributed by atoms with Crippen LogP contribution in [0.15, 0.2) is 102 Å². The van der Waals surface area contributed by atoms with Gasteiger partial charge in [-0.05, 0) is 127 Å². The van der Waals surface area contributed by atoms with E-state index in [0.717, 1.165) is 5.57 Å². The molecule has 0 amide bonds. The zero-order valence-electron chi connectivity index (χ0n) is 23.8. The summed E-state index contributed by atoms with van der Waals surface area (Å²) in [7, 11) is 0. The van der Waals surface area contributed by atoms with Crippen molar-refractivity contribution >= 4 is 49.9 Å². The van der Waals surface area contributed by atoms with Crippen molar-refractivity contribution in [2.24, 2.45) is 0 Å². The number of hydrogen-bond donors (Lipinski definition) is 0. The first-order valence-corrected chi connectivity index (χ1v) is 14.2. The van der Waals surface area contributed by atoms with Crippen molar-refractivity contribution in [3.63, 3.8) is 0 Å². The Labute approximate surface area is 232 Å². The van der Waals surface area contributed by atoms with E-state index in [-0.39, 0.29) is 0 Å². The Morgan fingerprint density at radius 2 is 1.34 bits per heavy atom. The van der Waals surface area contributed by atoms with Crippen LogP contribution in [0.4, 0.5) is 0 Å². The van der Waals surface area contributed by atoms with Crippen LogP contribution in [0.5, 0.6) is 0 Å². The first-order valence-electron chi connectivity index (χ1n) is 13.3. The maximum absolute atomic E-state index is 4.21. The molecule has 1 aromatic heterocycles. The number of fused-ring (bicyclic) bond motifs is 2. The van der Waals surface area contributed by atoms with Gasteiger partial charge in [-0.3, -0.25) is 0 Å². The lowest BCUT2D eigenvalue weighted by atomic mass is 9.88. The third kappa shape index (κ3) is 5.04. The van der Waals surface area contributed by atoms with Crippen molar-refractivity contribution < 1.29 is 0 Å². The predicted octanol–water partition coefficient (Wildman–Crippen LogP) is 11.6. The van der Waals surface area contributed by atoms with Crippen molar-refractivity contribution in [1.29, 1.82) is 0 Å². The summed E-state index contributed by atoms with van der Waals surface area (Å²) in [5, 5.41) is 3.97. The molecule has 0 saturated carbocycles. The average Bonchev–Trinajstić information content (AvgIpc) is 3.27. The van der Waals surface area contributed by atoms with Crippen molar-refractivity contribution in [3.05, 3.63) is 135 Å². The van der Waals surface area contributed by atoms with Gasteiger partial charge in [-0.2, -0.15) is 0 Å². The van der Waals surface area contributed by atoms with Crippen LogP contribution in [0.25, 0.3) is 38.6 Å². The van der Waals surface area contributed by atoms with Gasteiger partial charge in [-0.15, -0.1) is 11.3 Å². The van der Waals surface area contributed by atoms with Crippen molar-refractivity contribution in [1.82, 2.24) is 0 Å². The fraction of sp³-hybridized carbons (Fsp3) is 0.189. The summed E-state index contributed by atoms with van der Waals surface area (Å²) in [6, 6.07) is 17.4. The third-order valence-corrected chi connectivity index (χ3v) is 8.82. The number of allylic oxidation sites excluding steroid dienone is 9. The molecule has 0 fully saturated rings. The molecule has 0 spiro atoms. The van der Waals surface area contributed by atoms with Gasteiger partial charge >= 0.3 is 0 Å². The predicted molar refractivity (Wildman–Crippen MR) is 174 cm³/mol.